The first kappa shape index (κ1) is 20.4. The van der Waals surface area contributed by atoms with Gasteiger partial charge >= 0.3 is 5.97 Å². The highest BCUT2D eigenvalue weighted by Crippen LogP contribution is 2.15. The van der Waals surface area contributed by atoms with Crippen molar-refractivity contribution in [2.75, 3.05) is 12.4 Å². The molecule has 1 atom stereocenters. The van der Waals surface area contributed by atoms with E-state index in [-0.39, 0.29) is 24.1 Å². The number of ether oxygens (including phenoxy) is 1. The molecule has 1 amide bonds. The first-order valence-electron chi connectivity index (χ1n) is 7.30. The van der Waals surface area contributed by atoms with Gasteiger partial charge in [0, 0.05) is 18.2 Å². The molecule has 25 heavy (non-hydrogen) atoms. The minimum Gasteiger partial charge on any atom is -0.464 e. The van der Waals surface area contributed by atoms with Gasteiger partial charge in [0.15, 0.2) is 0 Å². The summed E-state index contributed by atoms with van der Waals surface area (Å²) in [5, 5.41) is 11.4. The first-order valence-corrected chi connectivity index (χ1v) is 8.29. The number of nitrogens with zero attached hydrogens (tertiary/aromatic N) is 1. The van der Waals surface area contributed by atoms with Crippen LogP contribution in [0.5, 0.6) is 0 Å². The molecule has 0 unspecified atom stereocenters. The lowest BCUT2D eigenvalue weighted by Gasteiger charge is -2.15. The third-order valence-corrected chi connectivity index (χ3v) is 3.85. The van der Waals surface area contributed by atoms with Crippen LogP contribution in [0.3, 0.4) is 0 Å². The van der Waals surface area contributed by atoms with Crippen LogP contribution >= 0.6 is 11.8 Å². The summed E-state index contributed by atoms with van der Waals surface area (Å²) in [7, 11) is 0. The van der Waals surface area contributed by atoms with Crippen molar-refractivity contribution in [1.82, 2.24) is 5.32 Å². The van der Waals surface area contributed by atoms with Gasteiger partial charge in [-0.3, -0.25) is 9.59 Å². The standard InChI is InChI=1S/C15H18N2O7S/c1-3-23-14(19)13(16-10(2)18)9-25-15(20)12-6-4-11(5-7-12)8-24-17(21)22/h4-7,13H,3,8-9H2,1-2H3,(H,16,18)/t13-/m0/s1. The van der Waals surface area contributed by atoms with Crippen LogP contribution in [-0.4, -0.2) is 40.5 Å². The van der Waals surface area contributed by atoms with E-state index in [0.717, 1.165) is 11.8 Å². The summed E-state index contributed by atoms with van der Waals surface area (Å²) in [4.78, 5) is 49.4. The van der Waals surface area contributed by atoms with E-state index in [9.17, 15) is 24.5 Å². The van der Waals surface area contributed by atoms with E-state index in [1.165, 1.54) is 31.2 Å². The van der Waals surface area contributed by atoms with Gasteiger partial charge in [0.1, 0.15) is 12.6 Å². The SMILES string of the molecule is CCOC(=O)[C@H](CSC(=O)c1ccc(CO[N+](=O)[O-])cc1)NC(C)=O. The number of carbonyl (C=O) groups excluding carboxylic acids is 3. The molecule has 0 radical (unpaired) electrons. The first-order chi connectivity index (χ1) is 11.8. The zero-order valence-electron chi connectivity index (χ0n) is 13.7. The Morgan fingerprint density at radius 3 is 2.44 bits per heavy atom. The third kappa shape index (κ3) is 7.66. The highest BCUT2D eigenvalue weighted by molar-refractivity contribution is 8.14. The largest absolute Gasteiger partial charge is 0.464 e. The minimum absolute atomic E-state index is 0.0312. The van der Waals surface area contributed by atoms with Gasteiger partial charge in [-0.15, -0.1) is 10.1 Å². The lowest BCUT2D eigenvalue weighted by molar-refractivity contribution is -0.763. The van der Waals surface area contributed by atoms with Crippen molar-refractivity contribution in [3.05, 3.63) is 45.5 Å². The van der Waals surface area contributed by atoms with E-state index in [4.69, 9.17) is 4.74 Å². The summed E-state index contributed by atoms with van der Waals surface area (Å²) < 4.78 is 4.86. The van der Waals surface area contributed by atoms with Gasteiger partial charge in [-0.05, 0) is 12.5 Å². The normalized spacial score (nSPS) is 11.3. The highest BCUT2D eigenvalue weighted by atomic mass is 32.2. The molecule has 0 heterocycles. The van der Waals surface area contributed by atoms with E-state index in [1.807, 2.05) is 0 Å². The monoisotopic (exact) mass is 370 g/mol. The van der Waals surface area contributed by atoms with Crippen molar-refractivity contribution in [1.29, 1.82) is 0 Å². The van der Waals surface area contributed by atoms with Crippen LogP contribution in [0.25, 0.3) is 0 Å². The Bertz CT molecular complexity index is 633. The highest BCUT2D eigenvalue weighted by Gasteiger charge is 2.22. The Labute approximate surface area is 148 Å². The van der Waals surface area contributed by atoms with Gasteiger partial charge < -0.3 is 14.9 Å². The number of carbonyl (C=O) groups is 3. The number of amides is 1. The van der Waals surface area contributed by atoms with Crippen LogP contribution in [0.2, 0.25) is 0 Å². The van der Waals surface area contributed by atoms with Crippen molar-refractivity contribution >= 4 is 28.8 Å². The number of nitrogens with one attached hydrogen (secondary N) is 1. The molecule has 1 rings (SSSR count). The van der Waals surface area contributed by atoms with Crippen molar-refractivity contribution in [2.24, 2.45) is 0 Å². The van der Waals surface area contributed by atoms with Crippen LogP contribution in [-0.2, 0) is 25.8 Å². The summed E-state index contributed by atoms with van der Waals surface area (Å²) in [5.41, 5.74) is 0.904. The fraction of sp³-hybridized carbons (Fsp3) is 0.400. The zero-order valence-corrected chi connectivity index (χ0v) is 14.5. The molecule has 10 heteroatoms. The van der Waals surface area contributed by atoms with Crippen molar-refractivity contribution < 1.29 is 29.0 Å². The molecular formula is C15H18N2O7S. The Morgan fingerprint density at radius 1 is 1.28 bits per heavy atom. The molecule has 0 bridgehead atoms. The van der Waals surface area contributed by atoms with Crippen LogP contribution in [0, 0.1) is 10.1 Å². The van der Waals surface area contributed by atoms with E-state index in [0.29, 0.717) is 11.1 Å². The zero-order chi connectivity index (χ0) is 18.8. The molecule has 0 aliphatic rings. The van der Waals surface area contributed by atoms with E-state index < -0.39 is 23.0 Å². The van der Waals surface area contributed by atoms with Gasteiger partial charge in [-0.1, -0.05) is 36.0 Å². The van der Waals surface area contributed by atoms with Crippen LogP contribution < -0.4 is 5.32 Å². The third-order valence-electron chi connectivity index (χ3n) is 2.86. The van der Waals surface area contributed by atoms with Crippen LogP contribution in [0.4, 0.5) is 0 Å². The quantitative estimate of drug-likeness (QED) is 0.392. The molecule has 1 N–H and O–H groups in total. The lowest BCUT2D eigenvalue weighted by atomic mass is 10.2. The number of hydrogen-bond acceptors (Lipinski definition) is 8. The maximum absolute atomic E-state index is 12.2. The molecule has 0 aliphatic heterocycles. The van der Waals surface area contributed by atoms with Crippen molar-refractivity contribution in [3.8, 4) is 0 Å². The fourth-order valence-electron chi connectivity index (χ4n) is 1.76. The van der Waals surface area contributed by atoms with E-state index in [2.05, 4.69) is 10.2 Å². The predicted molar refractivity (Wildman–Crippen MR) is 89.3 cm³/mol. The molecule has 0 saturated heterocycles. The van der Waals surface area contributed by atoms with E-state index >= 15 is 0 Å². The summed E-state index contributed by atoms with van der Waals surface area (Å²) >= 11 is 0.864. The topological polar surface area (TPSA) is 125 Å². The van der Waals surface area contributed by atoms with Crippen LogP contribution in [0.15, 0.2) is 24.3 Å². The van der Waals surface area contributed by atoms with Gasteiger partial charge in [-0.2, -0.15) is 0 Å². The molecule has 1 aromatic rings. The second-order valence-corrected chi connectivity index (χ2v) is 5.79. The number of rotatable bonds is 9. The lowest BCUT2D eigenvalue weighted by Crippen LogP contribution is -2.42. The summed E-state index contributed by atoms with van der Waals surface area (Å²) in [6.45, 7) is 2.87. The smallest absolute Gasteiger partial charge is 0.329 e. The van der Waals surface area contributed by atoms with Gasteiger partial charge in [0.2, 0.25) is 11.0 Å². The maximum Gasteiger partial charge on any atom is 0.329 e. The Kier molecular flexibility index (Phi) is 8.40. The van der Waals surface area contributed by atoms with Crippen LogP contribution in [0.1, 0.15) is 29.8 Å². The fourth-order valence-corrected chi connectivity index (χ4v) is 2.60. The molecule has 0 saturated carbocycles. The second kappa shape index (κ2) is 10.3. The molecule has 0 aromatic heterocycles. The number of hydrogen-bond donors (Lipinski definition) is 1. The van der Waals surface area contributed by atoms with Gasteiger partial charge in [-0.25, -0.2) is 4.79 Å². The molecule has 136 valence electrons. The van der Waals surface area contributed by atoms with Gasteiger partial charge in [0.25, 0.3) is 5.09 Å². The Balaban J connectivity index is 2.62. The number of thioether (sulfide) groups is 1. The molecule has 0 fully saturated rings. The maximum atomic E-state index is 12.2. The average Bonchev–Trinajstić information content (AvgIpc) is 2.56. The summed E-state index contributed by atoms with van der Waals surface area (Å²) in [6.07, 6.45) is 0. The molecule has 1 aromatic carbocycles. The van der Waals surface area contributed by atoms with Crippen molar-refractivity contribution in [3.63, 3.8) is 0 Å². The van der Waals surface area contributed by atoms with E-state index in [1.54, 1.807) is 6.92 Å². The second-order valence-electron chi connectivity index (χ2n) is 4.80. The average molecular weight is 370 g/mol. The Morgan fingerprint density at radius 2 is 1.92 bits per heavy atom. The minimum atomic E-state index is -0.917. The summed E-state index contributed by atoms with van der Waals surface area (Å²) in [6, 6.07) is 5.17. The molecule has 9 nitrogen and oxygen atoms in total. The van der Waals surface area contributed by atoms with Gasteiger partial charge in [0.05, 0.1) is 6.61 Å². The molecule has 0 spiro atoms. The predicted octanol–water partition coefficient (Wildman–Crippen LogP) is 1.34. The summed E-state index contributed by atoms with van der Waals surface area (Å²) in [5.74, 6) is -0.977. The number of benzene rings is 1. The Hall–Kier alpha value is -2.62. The molecular weight excluding hydrogens is 352 g/mol. The van der Waals surface area contributed by atoms with Crippen molar-refractivity contribution in [2.45, 2.75) is 26.5 Å². The number of esters is 1. The molecule has 0 aliphatic carbocycles.